The first-order valence-corrected chi connectivity index (χ1v) is 10.1. The Kier molecular flexibility index (Phi) is 6.23. The van der Waals surface area contributed by atoms with E-state index in [4.69, 9.17) is 9.47 Å². The third-order valence-electron chi connectivity index (χ3n) is 4.10. The summed E-state index contributed by atoms with van der Waals surface area (Å²) in [4.78, 5) is 23.8. The van der Waals surface area contributed by atoms with Crippen LogP contribution in [-0.2, 0) is 24.3 Å². The molecular formula is C16H20BrNO6S. The van der Waals surface area contributed by atoms with E-state index in [1.165, 1.54) is 25.3 Å². The first-order valence-electron chi connectivity index (χ1n) is 7.85. The summed E-state index contributed by atoms with van der Waals surface area (Å²) in [5, 5.41) is 0. The highest BCUT2D eigenvalue weighted by molar-refractivity contribution is 9.10. The second kappa shape index (κ2) is 7.84. The zero-order chi connectivity index (χ0) is 18.7. The molecule has 1 aliphatic rings. The van der Waals surface area contributed by atoms with Crippen LogP contribution in [0.1, 0.15) is 43.0 Å². The second-order valence-electron chi connectivity index (χ2n) is 5.75. The molecule has 1 aromatic carbocycles. The molecule has 0 heterocycles. The molecule has 1 aliphatic carbocycles. The van der Waals surface area contributed by atoms with Gasteiger partial charge in [0.15, 0.2) is 0 Å². The van der Waals surface area contributed by atoms with Crippen molar-refractivity contribution in [1.82, 2.24) is 4.72 Å². The van der Waals surface area contributed by atoms with E-state index in [2.05, 4.69) is 20.7 Å². The first-order chi connectivity index (χ1) is 11.8. The number of benzene rings is 1. The van der Waals surface area contributed by atoms with Crippen LogP contribution < -0.4 is 4.72 Å². The average molecular weight is 434 g/mol. The van der Waals surface area contributed by atoms with Gasteiger partial charge in [-0.05, 0) is 53.9 Å². The number of hydrogen-bond acceptors (Lipinski definition) is 6. The Hall–Kier alpha value is -1.45. The number of esters is 2. The van der Waals surface area contributed by atoms with Gasteiger partial charge in [0.05, 0.1) is 24.2 Å². The van der Waals surface area contributed by atoms with Crippen molar-refractivity contribution < 1.29 is 27.5 Å². The lowest BCUT2D eigenvalue weighted by molar-refractivity contribution is -0.147. The van der Waals surface area contributed by atoms with Crippen molar-refractivity contribution in [2.24, 2.45) is 0 Å². The van der Waals surface area contributed by atoms with E-state index >= 15 is 0 Å². The molecule has 0 spiro atoms. The van der Waals surface area contributed by atoms with Gasteiger partial charge >= 0.3 is 11.9 Å². The number of nitrogens with one attached hydrogen (secondary N) is 1. The lowest BCUT2D eigenvalue weighted by Gasteiger charge is -2.27. The molecule has 0 atom stereocenters. The molecular weight excluding hydrogens is 414 g/mol. The first kappa shape index (κ1) is 19.9. The molecule has 0 bridgehead atoms. The number of rotatable bonds is 6. The third kappa shape index (κ3) is 4.21. The summed E-state index contributed by atoms with van der Waals surface area (Å²) in [6.45, 7) is 1.91. The molecule has 1 aromatic rings. The summed E-state index contributed by atoms with van der Waals surface area (Å²) in [6, 6.07) is 4.06. The van der Waals surface area contributed by atoms with Crippen LogP contribution in [0.15, 0.2) is 27.6 Å². The minimum Gasteiger partial charge on any atom is -0.468 e. The lowest BCUT2D eigenvalue weighted by Crippen LogP contribution is -2.53. The predicted octanol–water partition coefficient (Wildman–Crippen LogP) is 2.39. The monoisotopic (exact) mass is 433 g/mol. The molecule has 9 heteroatoms. The standard InChI is InChI=1S/C16H20BrNO6S/c1-3-24-14(19)11-6-7-13(12(17)10-11)25(21,22)18-16(15(20)23-2)8-4-5-9-16/h6-7,10,18H,3-5,8-9H2,1-2H3. The summed E-state index contributed by atoms with van der Waals surface area (Å²) in [5.41, 5.74) is -1.01. The fourth-order valence-corrected chi connectivity index (χ4v) is 5.39. The largest absolute Gasteiger partial charge is 0.468 e. The van der Waals surface area contributed by atoms with Gasteiger partial charge in [-0.15, -0.1) is 0 Å². The van der Waals surface area contributed by atoms with Crippen molar-refractivity contribution in [3.05, 3.63) is 28.2 Å². The van der Waals surface area contributed by atoms with Crippen LogP contribution in [-0.4, -0.2) is 39.6 Å². The third-order valence-corrected chi connectivity index (χ3v) is 6.61. The molecule has 0 unspecified atom stereocenters. The van der Waals surface area contributed by atoms with Crippen LogP contribution in [0.2, 0.25) is 0 Å². The molecule has 1 N–H and O–H groups in total. The van der Waals surface area contributed by atoms with Crippen molar-refractivity contribution in [1.29, 1.82) is 0 Å². The van der Waals surface area contributed by atoms with Gasteiger partial charge in [0.2, 0.25) is 10.0 Å². The molecule has 2 rings (SSSR count). The number of hydrogen-bond donors (Lipinski definition) is 1. The van der Waals surface area contributed by atoms with Crippen LogP contribution >= 0.6 is 15.9 Å². The fourth-order valence-electron chi connectivity index (χ4n) is 2.89. The highest BCUT2D eigenvalue weighted by Gasteiger charge is 2.45. The van der Waals surface area contributed by atoms with Crippen molar-refractivity contribution in [2.45, 2.75) is 43.0 Å². The zero-order valence-corrected chi connectivity index (χ0v) is 16.4. The molecule has 0 aliphatic heterocycles. The van der Waals surface area contributed by atoms with E-state index in [9.17, 15) is 18.0 Å². The Balaban J connectivity index is 2.33. The van der Waals surface area contributed by atoms with Gasteiger partial charge in [0, 0.05) is 4.47 Å². The molecule has 0 amide bonds. The van der Waals surface area contributed by atoms with Crippen LogP contribution in [0, 0.1) is 0 Å². The van der Waals surface area contributed by atoms with Crippen LogP contribution in [0.4, 0.5) is 0 Å². The van der Waals surface area contributed by atoms with Crippen molar-refractivity contribution in [2.75, 3.05) is 13.7 Å². The zero-order valence-electron chi connectivity index (χ0n) is 14.0. The predicted molar refractivity (Wildman–Crippen MR) is 93.6 cm³/mol. The summed E-state index contributed by atoms with van der Waals surface area (Å²) in [5.74, 6) is -1.13. The summed E-state index contributed by atoms with van der Waals surface area (Å²) >= 11 is 3.18. The number of ether oxygens (including phenoxy) is 2. The van der Waals surface area contributed by atoms with Crippen LogP contribution in [0.3, 0.4) is 0 Å². The molecule has 0 radical (unpaired) electrons. The van der Waals surface area contributed by atoms with Crippen LogP contribution in [0.25, 0.3) is 0 Å². The van der Waals surface area contributed by atoms with Gasteiger partial charge in [-0.2, -0.15) is 4.72 Å². The molecule has 138 valence electrons. The summed E-state index contributed by atoms with van der Waals surface area (Å²) < 4.78 is 37.9. The van der Waals surface area contributed by atoms with Crippen LogP contribution in [0.5, 0.6) is 0 Å². The Labute approximate surface area is 155 Å². The maximum Gasteiger partial charge on any atom is 0.338 e. The van der Waals surface area contributed by atoms with Gasteiger partial charge in [0.1, 0.15) is 5.54 Å². The number of sulfonamides is 1. The molecule has 7 nitrogen and oxygen atoms in total. The van der Waals surface area contributed by atoms with E-state index in [0.717, 1.165) is 12.8 Å². The Bertz CT molecular complexity index is 771. The number of carbonyl (C=O) groups excluding carboxylic acids is 2. The quantitative estimate of drug-likeness (QED) is 0.691. The maximum atomic E-state index is 12.8. The number of methoxy groups -OCH3 is 1. The Morgan fingerprint density at radius 2 is 1.92 bits per heavy atom. The second-order valence-corrected chi connectivity index (χ2v) is 8.26. The van der Waals surface area contributed by atoms with Crippen molar-refractivity contribution in [3.63, 3.8) is 0 Å². The van der Waals surface area contributed by atoms with Gasteiger partial charge in [-0.3, -0.25) is 4.79 Å². The van der Waals surface area contributed by atoms with E-state index in [-0.39, 0.29) is 21.5 Å². The minimum atomic E-state index is -3.99. The molecule has 0 aromatic heterocycles. The topological polar surface area (TPSA) is 98.8 Å². The van der Waals surface area contributed by atoms with Gasteiger partial charge < -0.3 is 9.47 Å². The van der Waals surface area contributed by atoms with E-state index in [1.807, 2.05) is 0 Å². The van der Waals surface area contributed by atoms with E-state index in [0.29, 0.717) is 12.8 Å². The fraction of sp³-hybridized carbons (Fsp3) is 0.500. The highest BCUT2D eigenvalue weighted by atomic mass is 79.9. The van der Waals surface area contributed by atoms with Gasteiger partial charge in [-0.1, -0.05) is 12.8 Å². The molecule has 25 heavy (non-hydrogen) atoms. The summed E-state index contributed by atoms with van der Waals surface area (Å²) in [7, 11) is -2.76. The average Bonchev–Trinajstić information content (AvgIpc) is 3.02. The smallest absolute Gasteiger partial charge is 0.338 e. The number of carbonyl (C=O) groups is 2. The normalized spacial score (nSPS) is 16.4. The maximum absolute atomic E-state index is 12.8. The van der Waals surface area contributed by atoms with Gasteiger partial charge in [-0.25, -0.2) is 13.2 Å². The number of halogens is 1. The van der Waals surface area contributed by atoms with Crippen molar-refractivity contribution >= 4 is 37.9 Å². The van der Waals surface area contributed by atoms with Gasteiger partial charge in [0.25, 0.3) is 0 Å². The molecule has 1 fully saturated rings. The highest BCUT2D eigenvalue weighted by Crippen LogP contribution is 2.33. The summed E-state index contributed by atoms with van der Waals surface area (Å²) in [6.07, 6.45) is 2.25. The lowest BCUT2D eigenvalue weighted by atomic mass is 10.00. The molecule has 1 saturated carbocycles. The Morgan fingerprint density at radius 3 is 2.44 bits per heavy atom. The Morgan fingerprint density at radius 1 is 1.28 bits per heavy atom. The van der Waals surface area contributed by atoms with Crippen molar-refractivity contribution in [3.8, 4) is 0 Å². The minimum absolute atomic E-state index is 0.0595. The SMILES string of the molecule is CCOC(=O)c1ccc(S(=O)(=O)NC2(C(=O)OC)CCCC2)c(Br)c1. The van der Waals surface area contributed by atoms with E-state index in [1.54, 1.807) is 6.92 Å². The van der Waals surface area contributed by atoms with E-state index < -0.39 is 27.5 Å². The molecule has 0 saturated heterocycles.